The van der Waals surface area contributed by atoms with Crippen LogP contribution < -0.4 is 10.6 Å². The molecule has 5 heteroatoms. The van der Waals surface area contributed by atoms with Crippen molar-refractivity contribution in [2.75, 3.05) is 31.5 Å². The van der Waals surface area contributed by atoms with Crippen molar-refractivity contribution in [1.29, 1.82) is 0 Å². The Bertz CT molecular complexity index is 656. The molecule has 4 nitrogen and oxygen atoms in total. The molecule has 26 heavy (non-hydrogen) atoms. The first-order valence-corrected chi connectivity index (χ1v) is 9.80. The summed E-state index contributed by atoms with van der Waals surface area (Å²) in [6, 6.07) is 8.21. The van der Waals surface area contributed by atoms with Gasteiger partial charge in [-0.2, -0.15) is 0 Å². The number of nitrogens with zero attached hydrogens (tertiary/aromatic N) is 2. The van der Waals surface area contributed by atoms with Crippen LogP contribution in [0.3, 0.4) is 0 Å². The van der Waals surface area contributed by atoms with Crippen molar-refractivity contribution in [3.05, 3.63) is 65.5 Å². The fourth-order valence-electron chi connectivity index (χ4n) is 2.64. The number of allylic oxidation sites excluding steroid dienone is 2. The lowest BCUT2D eigenvalue weighted by molar-refractivity contribution is 0.358. The van der Waals surface area contributed by atoms with Crippen molar-refractivity contribution in [2.45, 2.75) is 27.7 Å². The summed E-state index contributed by atoms with van der Waals surface area (Å²) in [4.78, 5) is 7.10. The van der Waals surface area contributed by atoms with Crippen LogP contribution in [0.5, 0.6) is 0 Å². The Labute approximate surface area is 163 Å². The van der Waals surface area contributed by atoms with Crippen molar-refractivity contribution in [1.82, 2.24) is 10.2 Å². The van der Waals surface area contributed by atoms with E-state index in [1.807, 2.05) is 45.9 Å². The first-order chi connectivity index (χ1) is 12.8. The van der Waals surface area contributed by atoms with Crippen LogP contribution in [0.4, 0.5) is 5.69 Å². The van der Waals surface area contributed by atoms with E-state index in [2.05, 4.69) is 34.2 Å². The van der Waals surface area contributed by atoms with E-state index in [1.54, 1.807) is 6.08 Å². The predicted octanol–water partition coefficient (Wildman–Crippen LogP) is 4.97. The van der Waals surface area contributed by atoms with Crippen LogP contribution in [0.1, 0.15) is 33.3 Å². The Balaban J connectivity index is 0.000000791. The Hall–Kier alpha value is -2.04. The molecule has 3 rings (SSSR count). The van der Waals surface area contributed by atoms with E-state index in [4.69, 9.17) is 16.6 Å². The summed E-state index contributed by atoms with van der Waals surface area (Å²) in [5.41, 5.74) is 5.17. The molecule has 2 heterocycles. The van der Waals surface area contributed by atoms with Gasteiger partial charge in [0.1, 0.15) is 5.84 Å². The van der Waals surface area contributed by atoms with Crippen molar-refractivity contribution >= 4 is 23.1 Å². The van der Waals surface area contributed by atoms with Crippen LogP contribution in [0.2, 0.25) is 0 Å². The maximum Gasteiger partial charge on any atom is 0.138 e. The molecule has 1 aromatic rings. The molecule has 2 N–H and O–H groups in total. The summed E-state index contributed by atoms with van der Waals surface area (Å²) >= 11 is 5.63. The number of piperazine rings is 1. The number of para-hydroxylation sites is 1. The van der Waals surface area contributed by atoms with Gasteiger partial charge >= 0.3 is 0 Å². The van der Waals surface area contributed by atoms with Crippen molar-refractivity contribution < 1.29 is 0 Å². The minimum atomic E-state index is 0.708. The quantitative estimate of drug-likeness (QED) is 0.729. The number of anilines is 1. The minimum Gasteiger partial charge on any atom is -0.353 e. The highest BCUT2D eigenvalue weighted by Crippen LogP contribution is 2.27. The topological polar surface area (TPSA) is 39.7 Å². The van der Waals surface area contributed by atoms with Gasteiger partial charge in [-0.3, -0.25) is 0 Å². The van der Waals surface area contributed by atoms with E-state index in [0.29, 0.717) is 5.70 Å². The number of fused-ring (bicyclic) bond motifs is 1. The number of halogens is 1. The third-order valence-corrected chi connectivity index (χ3v) is 3.89. The number of aliphatic imine (C=N–C) groups is 1. The molecular weight excluding hydrogens is 344 g/mol. The molecular formula is C21H31ClN4. The van der Waals surface area contributed by atoms with Gasteiger partial charge in [-0.05, 0) is 24.3 Å². The molecule has 2 aliphatic rings. The molecule has 0 spiro atoms. The van der Waals surface area contributed by atoms with E-state index in [9.17, 15) is 0 Å². The fraction of sp³-hybridized carbons (Fsp3) is 0.381. The zero-order valence-corrected chi connectivity index (χ0v) is 17.1. The van der Waals surface area contributed by atoms with E-state index >= 15 is 0 Å². The maximum atomic E-state index is 5.63. The van der Waals surface area contributed by atoms with Gasteiger partial charge in [0.05, 0.1) is 11.4 Å². The van der Waals surface area contributed by atoms with Gasteiger partial charge in [0.15, 0.2) is 0 Å². The van der Waals surface area contributed by atoms with Gasteiger partial charge in [-0.1, -0.05) is 58.0 Å². The second kappa shape index (κ2) is 12.3. The summed E-state index contributed by atoms with van der Waals surface area (Å²) in [6.45, 7) is 15.9. The Morgan fingerprint density at radius 1 is 1.12 bits per heavy atom. The SMILES string of the molecule is C=C1N=C(N2CCNCC2)c2ccccc2N/C1=C/C=C/Cl.CC.CC. The first-order valence-electron chi connectivity index (χ1n) is 9.36. The Morgan fingerprint density at radius 3 is 2.42 bits per heavy atom. The molecule has 1 fully saturated rings. The number of hydrogen-bond donors (Lipinski definition) is 2. The normalized spacial score (nSPS) is 17.9. The average Bonchev–Trinajstić information content (AvgIpc) is 2.87. The molecule has 0 unspecified atom stereocenters. The summed E-state index contributed by atoms with van der Waals surface area (Å²) in [6.07, 6.45) is 3.65. The fourth-order valence-corrected chi connectivity index (χ4v) is 2.71. The van der Waals surface area contributed by atoms with Gasteiger partial charge in [-0.15, -0.1) is 0 Å². The van der Waals surface area contributed by atoms with E-state index in [0.717, 1.165) is 49.0 Å². The highest BCUT2D eigenvalue weighted by molar-refractivity contribution is 6.25. The van der Waals surface area contributed by atoms with Crippen LogP contribution in [0.15, 0.2) is 64.9 Å². The summed E-state index contributed by atoms with van der Waals surface area (Å²) in [5, 5.41) is 6.78. The average molecular weight is 375 g/mol. The lowest BCUT2D eigenvalue weighted by atomic mass is 10.1. The van der Waals surface area contributed by atoms with E-state index in [-0.39, 0.29) is 0 Å². The summed E-state index contributed by atoms with van der Waals surface area (Å²) < 4.78 is 0. The van der Waals surface area contributed by atoms with Gasteiger partial charge in [-0.25, -0.2) is 4.99 Å². The van der Waals surface area contributed by atoms with Gasteiger partial charge in [0.25, 0.3) is 0 Å². The molecule has 1 saturated heterocycles. The molecule has 0 radical (unpaired) electrons. The van der Waals surface area contributed by atoms with E-state index in [1.165, 1.54) is 5.54 Å². The molecule has 2 aliphatic heterocycles. The van der Waals surface area contributed by atoms with Crippen LogP contribution >= 0.6 is 11.6 Å². The zero-order valence-electron chi connectivity index (χ0n) is 16.3. The number of rotatable bonds is 1. The second-order valence-corrected chi connectivity index (χ2v) is 5.44. The molecule has 0 aliphatic carbocycles. The lowest BCUT2D eigenvalue weighted by Crippen LogP contribution is -2.46. The van der Waals surface area contributed by atoms with Crippen molar-refractivity contribution in [3.8, 4) is 0 Å². The molecule has 0 bridgehead atoms. The maximum absolute atomic E-state index is 5.63. The van der Waals surface area contributed by atoms with E-state index < -0.39 is 0 Å². The standard InChI is InChI=1S/C17H19ClN4.2C2H6/c1-13-15(7-4-8-18)21-16-6-3-2-5-14(16)17(20-13)22-11-9-19-10-12-22;2*1-2/h2-8,19,21H,1,9-12H2;2*1-2H3/b8-4+,15-7+;;. The molecule has 0 aromatic heterocycles. The number of amidine groups is 1. The summed E-state index contributed by atoms with van der Waals surface area (Å²) in [7, 11) is 0. The number of nitrogens with one attached hydrogen (secondary N) is 2. The molecule has 142 valence electrons. The summed E-state index contributed by atoms with van der Waals surface area (Å²) in [5.74, 6) is 0.979. The highest BCUT2D eigenvalue weighted by Gasteiger charge is 2.22. The van der Waals surface area contributed by atoms with Gasteiger partial charge < -0.3 is 15.5 Å². The largest absolute Gasteiger partial charge is 0.353 e. The van der Waals surface area contributed by atoms with Crippen molar-refractivity contribution in [3.63, 3.8) is 0 Å². The van der Waals surface area contributed by atoms with Crippen molar-refractivity contribution in [2.24, 2.45) is 4.99 Å². The third-order valence-electron chi connectivity index (χ3n) is 3.74. The Morgan fingerprint density at radius 2 is 1.77 bits per heavy atom. The molecule has 0 atom stereocenters. The molecule has 0 amide bonds. The highest BCUT2D eigenvalue weighted by atomic mass is 35.5. The van der Waals surface area contributed by atoms with Gasteiger partial charge in [0, 0.05) is 43.0 Å². The number of hydrogen-bond acceptors (Lipinski definition) is 4. The third kappa shape index (κ3) is 5.75. The lowest BCUT2D eigenvalue weighted by Gasteiger charge is -2.30. The monoisotopic (exact) mass is 374 g/mol. The van der Waals surface area contributed by atoms with Gasteiger partial charge in [0.2, 0.25) is 0 Å². The molecule has 0 saturated carbocycles. The predicted molar refractivity (Wildman–Crippen MR) is 116 cm³/mol. The second-order valence-electron chi connectivity index (χ2n) is 5.19. The van der Waals surface area contributed by atoms with Crippen LogP contribution in [-0.4, -0.2) is 36.9 Å². The Kier molecular flexibility index (Phi) is 10.4. The number of benzene rings is 1. The van der Waals surface area contributed by atoms with Crippen LogP contribution in [0, 0.1) is 0 Å². The number of benzodiazepines with no additional fused rings is 1. The van der Waals surface area contributed by atoms with Crippen LogP contribution in [0.25, 0.3) is 0 Å². The molecule has 1 aromatic carbocycles. The zero-order chi connectivity index (χ0) is 19.4. The van der Waals surface area contributed by atoms with Crippen LogP contribution in [-0.2, 0) is 0 Å². The first kappa shape index (κ1) is 22.0. The minimum absolute atomic E-state index is 0.708. The smallest absolute Gasteiger partial charge is 0.138 e.